The minimum absolute atomic E-state index is 0.0422. The van der Waals surface area contributed by atoms with Crippen molar-refractivity contribution in [1.82, 2.24) is 9.55 Å². The Hall–Kier alpha value is -3.74. The maximum absolute atomic E-state index is 14.2. The molecule has 0 saturated heterocycles. The third-order valence-corrected chi connectivity index (χ3v) is 5.41. The van der Waals surface area contributed by atoms with E-state index in [1.54, 1.807) is 31.4 Å². The van der Waals surface area contributed by atoms with E-state index < -0.39 is 11.9 Å². The average molecular weight is 436 g/mol. The minimum atomic E-state index is -2.99. The molecule has 5 nitrogen and oxygen atoms in total. The largest absolute Gasteiger partial charge is 0.497 e. The molecule has 1 N–H and O–H groups in total. The van der Waals surface area contributed by atoms with Gasteiger partial charge in [0.1, 0.15) is 11.6 Å². The number of methoxy groups -OCH3 is 1. The molecule has 0 aliphatic heterocycles. The summed E-state index contributed by atoms with van der Waals surface area (Å²) in [6, 6.07) is 18.6. The zero-order chi connectivity index (χ0) is 22.9. The van der Waals surface area contributed by atoms with Crippen LogP contribution in [0.2, 0.25) is 0 Å². The lowest BCUT2D eigenvalue weighted by atomic mass is 10.0. The molecule has 0 aliphatic rings. The molecule has 1 heterocycles. The fourth-order valence-electron chi connectivity index (χ4n) is 3.81. The summed E-state index contributed by atoms with van der Waals surface area (Å²) in [6.45, 7) is 1.07. The minimum Gasteiger partial charge on any atom is -0.497 e. The van der Waals surface area contributed by atoms with E-state index in [0.717, 1.165) is 18.2 Å². The molecule has 7 heteroatoms. The van der Waals surface area contributed by atoms with E-state index in [1.165, 1.54) is 18.2 Å². The molecule has 3 aromatic carbocycles. The number of carbonyl (C=O) groups is 1. The first kappa shape index (κ1) is 21.5. The van der Waals surface area contributed by atoms with Crippen molar-refractivity contribution in [1.29, 1.82) is 0 Å². The number of imidazole rings is 1. The Morgan fingerprint density at radius 3 is 2.47 bits per heavy atom. The number of aromatic carboxylic acids is 1. The molecular formula is C25H22F2N2O3. The molecule has 0 bridgehead atoms. The number of nitrogens with zero attached hydrogens (tertiary/aromatic N) is 2. The van der Waals surface area contributed by atoms with Crippen molar-refractivity contribution in [2.24, 2.45) is 0 Å². The molecule has 164 valence electrons. The molecule has 0 radical (unpaired) electrons. The highest BCUT2D eigenvalue weighted by atomic mass is 19.3. The van der Waals surface area contributed by atoms with Gasteiger partial charge in [-0.1, -0.05) is 36.4 Å². The normalized spacial score (nSPS) is 11.6. The summed E-state index contributed by atoms with van der Waals surface area (Å²) in [5.74, 6) is -2.65. The number of benzene rings is 3. The van der Waals surface area contributed by atoms with E-state index in [-0.39, 0.29) is 17.7 Å². The first-order valence-corrected chi connectivity index (χ1v) is 10.1. The van der Waals surface area contributed by atoms with Gasteiger partial charge in [-0.3, -0.25) is 0 Å². The van der Waals surface area contributed by atoms with Gasteiger partial charge in [0.05, 0.1) is 23.7 Å². The quantitative estimate of drug-likeness (QED) is 0.416. The number of alkyl halides is 2. The Morgan fingerprint density at radius 1 is 1.09 bits per heavy atom. The van der Waals surface area contributed by atoms with Crippen molar-refractivity contribution in [3.8, 4) is 5.75 Å². The van der Waals surface area contributed by atoms with Gasteiger partial charge in [0.15, 0.2) is 0 Å². The van der Waals surface area contributed by atoms with Crippen LogP contribution in [0.5, 0.6) is 5.75 Å². The van der Waals surface area contributed by atoms with Gasteiger partial charge in [-0.15, -0.1) is 0 Å². The van der Waals surface area contributed by atoms with Crippen LogP contribution in [-0.2, 0) is 18.9 Å². The number of halogens is 2. The van der Waals surface area contributed by atoms with Crippen molar-refractivity contribution >= 4 is 17.0 Å². The number of carboxylic acids is 1. The van der Waals surface area contributed by atoms with Crippen molar-refractivity contribution in [2.45, 2.75) is 25.8 Å². The number of hydrogen-bond donors (Lipinski definition) is 1. The van der Waals surface area contributed by atoms with Gasteiger partial charge in [-0.2, -0.15) is 0 Å². The molecule has 0 unspecified atom stereocenters. The van der Waals surface area contributed by atoms with Gasteiger partial charge >= 0.3 is 5.97 Å². The lowest BCUT2D eigenvalue weighted by molar-refractivity contribution is 0.0164. The van der Waals surface area contributed by atoms with Crippen LogP contribution in [0.15, 0.2) is 66.7 Å². The van der Waals surface area contributed by atoms with Crippen molar-refractivity contribution in [3.63, 3.8) is 0 Å². The highest BCUT2D eigenvalue weighted by molar-refractivity contribution is 5.92. The van der Waals surface area contributed by atoms with Crippen molar-refractivity contribution < 1.29 is 23.4 Å². The molecule has 0 amide bonds. The Balaban J connectivity index is 1.82. The van der Waals surface area contributed by atoms with E-state index >= 15 is 0 Å². The van der Waals surface area contributed by atoms with Gasteiger partial charge in [0.2, 0.25) is 0 Å². The number of aromatic nitrogens is 2. The SMILES string of the molecule is COc1ccc(Cc2nc3cc(C(=O)O)ccc3n2Cc2ccccc2C(C)(F)F)cc1. The first-order valence-electron chi connectivity index (χ1n) is 10.1. The molecule has 0 aliphatic carbocycles. The van der Waals surface area contributed by atoms with Gasteiger partial charge in [-0.05, 0) is 41.5 Å². The van der Waals surface area contributed by atoms with Gasteiger partial charge in [0.25, 0.3) is 5.92 Å². The molecule has 32 heavy (non-hydrogen) atoms. The van der Waals surface area contributed by atoms with Gasteiger partial charge < -0.3 is 14.4 Å². The average Bonchev–Trinajstić information content (AvgIpc) is 3.10. The molecule has 0 atom stereocenters. The number of hydrogen-bond acceptors (Lipinski definition) is 3. The van der Waals surface area contributed by atoms with E-state index in [1.807, 2.05) is 28.8 Å². The summed E-state index contributed by atoms with van der Waals surface area (Å²) in [5, 5.41) is 9.34. The summed E-state index contributed by atoms with van der Waals surface area (Å²) in [4.78, 5) is 16.1. The summed E-state index contributed by atoms with van der Waals surface area (Å²) < 4.78 is 35.5. The fraction of sp³-hybridized carbons (Fsp3) is 0.200. The number of rotatable bonds is 7. The molecular weight excluding hydrogens is 414 g/mol. The predicted molar refractivity (Wildman–Crippen MR) is 118 cm³/mol. The van der Waals surface area contributed by atoms with Gasteiger partial charge in [-0.25, -0.2) is 18.6 Å². The van der Waals surface area contributed by atoms with Crippen LogP contribution in [-0.4, -0.2) is 27.7 Å². The van der Waals surface area contributed by atoms with Crippen LogP contribution >= 0.6 is 0 Å². The zero-order valence-electron chi connectivity index (χ0n) is 17.7. The summed E-state index contributed by atoms with van der Waals surface area (Å²) in [7, 11) is 1.59. The number of carboxylic acid groups (broad SMARTS) is 1. The lowest BCUT2D eigenvalue weighted by Crippen LogP contribution is -2.14. The maximum atomic E-state index is 14.2. The van der Waals surface area contributed by atoms with Crippen LogP contribution < -0.4 is 4.74 Å². The third-order valence-electron chi connectivity index (χ3n) is 5.41. The summed E-state index contributed by atoms with van der Waals surface area (Å²) in [6.07, 6.45) is 0.450. The zero-order valence-corrected chi connectivity index (χ0v) is 17.7. The number of ether oxygens (including phenoxy) is 1. The Kier molecular flexibility index (Phi) is 5.65. The maximum Gasteiger partial charge on any atom is 0.335 e. The van der Waals surface area contributed by atoms with Crippen LogP contribution in [0.3, 0.4) is 0 Å². The van der Waals surface area contributed by atoms with E-state index in [9.17, 15) is 18.7 Å². The molecule has 0 fully saturated rings. The molecule has 1 aromatic heterocycles. The molecule has 0 saturated carbocycles. The van der Waals surface area contributed by atoms with Crippen LogP contribution in [0.25, 0.3) is 11.0 Å². The smallest absolute Gasteiger partial charge is 0.335 e. The second-order valence-electron chi connectivity index (χ2n) is 7.69. The monoisotopic (exact) mass is 436 g/mol. The Labute approximate surface area is 183 Å². The first-order chi connectivity index (χ1) is 15.3. The van der Waals surface area contributed by atoms with Gasteiger partial charge in [0, 0.05) is 25.5 Å². The second-order valence-corrected chi connectivity index (χ2v) is 7.69. The third kappa shape index (κ3) is 4.32. The Morgan fingerprint density at radius 2 is 1.81 bits per heavy atom. The topological polar surface area (TPSA) is 64.3 Å². The standard InChI is InChI=1S/C25H22F2N2O3/c1-25(26,27)20-6-4-3-5-18(20)15-29-22-12-9-17(24(30)31)14-21(22)28-23(29)13-16-7-10-19(32-2)11-8-16/h3-12,14H,13,15H2,1-2H3,(H,30,31). The van der Waals surface area contributed by atoms with Crippen molar-refractivity contribution in [2.75, 3.05) is 7.11 Å². The molecule has 4 rings (SSSR count). The van der Waals surface area contributed by atoms with Crippen LogP contribution in [0, 0.1) is 0 Å². The summed E-state index contributed by atoms with van der Waals surface area (Å²) in [5.41, 5.74) is 2.73. The van der Waals surface area contributed by atoms with Crippen molar-refractivity contribution in [3.05, 3.63) is 94.8 Å². The molecule has 4 aromatic rings. The fourth-order valence-corrected chi connectivity index (χ4v) is 3.81. The van der Waals surface area contributed by atoms with E-state index in [4.69, 9.17) is 4.74 Å². The second kappa shape index (κ2) is 8.42. The molecule has 0 spiro atoms. The van der Waals surface area contributed by atoms with Crippen LogP contribution in [0.4, 0.5) is 8.78 Å². The van der Waals surface area contributed by atoms with Crippen LogP contribution in [0.1, 0.15) is 39.8 Å². The lowest BCUT2D eigenvalue weighted by Gasteiger charge is -2.17. The Bertz CT molecular complexity index is 1270. The number of fused-ring (bicyclic) bond motifs is 1. The summed E-state index contributed by atoms with van der Waals surface area (Å²) >= 11 is 0. The highest BCUT2D eigenvalue weighted by Gasteiger charge is 2.27. The van der Waals surface area contributed by atoms with E-state index in [2.05, 4.69) is 4.98 Å². The predicted octanol–water partition coefficient (Wildman–Crippen LogP) is 5.49. The highest BCUT2D eigenvalue weighted by Crippen LogP contribution is 2.31. The van der Waals surface area contributed by atoms with E-state index in [0.29, 0.717) is 28.8 Å².